The molecule has 0 aliphatic rings. The van der Waals surface area contributed by atoms with E-state index in [-0.39, 0.29) is 31.1 Å². The fourth-order valence-electron chi connectivity index (χ4n) is 9.08. The lowest BCUT2D eigenvalue weighted by atomic mass is 10.0. The molecule has 0 aromatic heterocycles. The SMILES string of the molecule is CC/C=C\C/C=C\C/C=C\C/C=C\CCCCCCCCCCCCCCCCC(=O)OCC(COC(=O)CCCCCCCCCCCC)OC(=O)CCCCCCCCC/C=C\CCCCCCCC. The Hall–Kier alpha value is -2.89. The van der Waals surface area contributed by atoms with E-state index in [1.165, 1.54) is 199 Å². The van der Waals surface area contributed by atoms with E-state index in [0.717, 1.165) is 83.5 Å². The number of hydrogen-bond acceptors (Lipinski definition) is 6. The Balaban J connectivity index is 4.19. The van der Waals surface area contributed by atoms with E-state index in [9.17, 15) is 14.4 Å². The van der Waals surface area contributed by atoms with Crippen molar-refractivity contribution in [1.29, 1.82) is 0 Å². The van der Waals surface area contributed by atoms with Crippen LogP contribution in [0.4, 0.5) is 0 Å². The van der Waals surface area contributed by atoms with Crippen LogP contribution in [-0.2, 0) is 28.6 Å². The Kier molecular flexibility index (Phi) is 58.2. The molecule has 0 N–H and O–H groups in total. The summed E-state index contributed by atoms with van der Waals surface area (Å²) < 4.78 is 16.9. The lowest BCUT2D eigenvalue weighted by molar-refractivity contribution is -0.167. The predicted octanol–water partition coefficient (Wildman–Crippen LogP) is 21.2. The van der Waals surface area contributed by atoms with Gasteiger partial charge < -0.3 is 14.2 Å². The van der Waals surface area contributed by atoms with Crippen molar-refractivity contribution in [2.24, 2.45) is 0 Å². The van der Waals surface area contributed by atoms with E-state index < -0.39 is 6.10 Å². The van der Waals surface area contributed by atoms with E-state index in [1.54, 1.807) is 0 Å². The molecule has 0 rings (SSSR count). The Bertz CT molecular complexity index is 1290. The average molecular weight is 1010 g/mol. The van der Waals surface area contributed by atoms with Gasteiger partial charge >= 0.3 is 17.9 Å². The maximum absolute atomic E-state index is 12.9. The molecule has 0 saturated heterocycles. The van der Waals surface area contributed by atoms with Crippen molar-refractivity contribution in [1.82, 2.24) is 0 Å². The Morgan fingerprint density at radius 3 is 0.861 bits per heavy atom. The zero-order valence-electron chi connectivity index (χ0n) is 47.9. The first-order valence-corrected chi connectivity index (χ1v) is 31.3. The first kappa shape index (κ1) is 69.1. The second kappa shape index (κ2) is 60.7. The standard InChI is InChI=1S/C66H118O6/c1-4-7-10-13-16-19-22-24-26-28-29-30-31-32-33-34-35-36-37-39-40-42-44-47-50-53-56-59-65(68)71-62-63(61-70-64(67)58-55-52-49-46-21-18-15-12-9-6-3)72-66(69)60-57-54-51-48-45-43-41-38-27-25-23-20-17-14-11-8-5-2/h7,10,16,19,24-27,29-30,63H,4-6,8-9,11-15,17-18,20-23,28,31-62H2,1-3H3/b10-7-,19-16-,26-24-,27-25-,30-29-. The van der Waals surface area contributed by atoms with Crippen LogP contribution in [0, 0.1) is 0 Å². The summed E-state index contributed by atoms with van der Waals surface area (Å²) in [6.45, 7) is 6.54. The number of carbonyl (C=O) groups excluding carboxylic acids is 3. The van der Waals surface area contributed by atoms with Gasteiger partial charge in [-0.15, -0.1) is 0 Å². The first-order chi connectivity index (χ1) is 35.5. The summed E-state index contributed by atoms with van der Waals surface area (Å²) in [5.41, 5.74) is 0. The smallest absolute Gasteiger partial charge is 0.306 e. The molecular formula is C66H118O6. The van der Waals surface area contributed by atoms with E-state index in [4.69, 9.17) is 14.2 Å². The number of esters is 3. The number of carbonyl (C=O) groups is 3. The van der Waals surface area contributed by atoms with Crippen molar-refractivity contribution in [3.8, 4) is 0 Å². The summed E-state index contributed by atoms with van der Waals surface area (Å²) in [7, 11) is 0. The van der Waals surface area contributed by atoms with Gasteiger partial charge in [-0.3, -0.25) is 14.4 Å². The molecule has 0 saturated carbocycles. The van der Waals surface area contributed by atoms with Crippen molar-refractivity contribution in [2.45, 2.75) is 329 Å². The minimum atomic E-state index is -0.773. The number of ether oxygens (including phenoxy) is 3. The third kappa shape index (κ3) is 58.0. The Morgan fingerprint density at radius 2 is 0.542 bits per heavy atom. The summed E-state index contributed by atoms with van der Waals surface area (Å²) in [5, 5.41) is 0. The number of unbranched alkanes of at least 4 members (excludes halogenated alkanes) is 36. The second-order valence-corrected chi connectivity index (χ2v) is 20.9. The molecule has 0 fully saturated rings. The molecule has 0 aromatic rings. The molecule has 0 aliphatic heterocycles. The molecule has 0 aliphatic carbocycles. The third-order valence-electron chi connectivity index (χ3n) is 13.8. The van der Waals surface area contributed by atoms with Gasteiger partial charge in [0.15, 0.2) is 6.10 Å². The minimum absolute atomic E-state index is 0.0718. The highest BCUT2D eigenvalue weighted by Gasteiger charge is 2.19. The minimum Gasteiger partial charge on any atom is -0.462 e. The number of allylic oxidation sites excluding steroid dienone is 10. The normalized spacial score (nSPS) is 12.4. The molecule has 0 radical (unpaired) electrons. The van der Waals surface area contributed by atoms with E-state index in [1.807, 2.05) is 0 Å². The third-order valence-corrected chi connectivity index (χ3v) is 13.8. The summed E-state index contributed by atoms with van der Waals surface area (Å²) in [6.07, 6.45) is 76.6. The second-order valence-electron chi connectivity index (χ2n) is 20.9. The monoisotopic (exact) mass is 1010 g/mol. The van der Waals surface area contributed by atoms with Crippen LogP contribution in [0.15, 0.2) is 60.8 Å². The summed E-state index contributed by atoms with van der Waals surface area (Å²) in [4.78, 5) is 38.2. The van der Waals surface area contributed by atoms with Gasteiger partial charge in [0, 0.05) is 19.3 Å². The lowest BCUT2D eigenvalue weighted by Gasteiger charge is -2.18. The van der Waals surface area contributed by atoms with E-state index in [2.05, 4.69) is 81.5 Å². The summed E-state index contributed by atoms with van der Waals surface area (Å²) in [6, 6.07) is 0. The fourth-order valence-corrected chi connectivity index (χ4v) is 9.08. The first-order valence-electron chi connectivity index (χ1n) is 31.3. The quantitative estimate of drug-likeness (QED) is 0.0261. The topological polar surface area (TPSA) is 78.9 Å². The molecule has 0 amide bonds. The van der Waals surface area contributed by atoms with Crippen LogP contribution in [0.5, 0.6) is 0 Å². The van der Waals surface area contributed by atoms with Gasteiger partial charge in [0.1, 0.15) is 13.2 Å². The molecule has 72 heavy (non-hydrogen) atoms. The van der Waals surface area contributed by atoms with Crippen molar-refractivity contribution < 1.29 is 28.6 Å². The number of rotatable bonds is 57. The Labute approximate surface area is 447 Å². The van der Waals surface area contributed by atoms with Crippen molar-refractivity contribution in [3.05, 3.63) is 60.8 Å². The van der Waals surface area contributed by atoms with Crippen molar-refractivity contribution >= 4 is 17.9 Å². The van der Waals surface area contributed by atoms with Crippen LogP contribution in [0.2, 0.25) is 0 Å². The van der Waals surface area contributed by atoms with Crippen molar-refractivity contribution in [2.75, 3.05) is 13.2 Å². The molecule has 0 bridgehead atoms. The maximum Gasteiger partial charge on any atom is 0.306 e. The highest BCUT2D eigenvalue weighted by molar-refractivity contribution is 5.71. The number of hydrogen-bond donors (Lipinski definition) is 0. The zero-order valence-corrected chi connectivity index (χ0v) is 47.9. The van der Waals surface area contributed by atoms with Gasteiger partial charge in [0.2, 0.25) is 0 Å². The summed E-state index contributed by atoms with van der Waals surface area (Å²) >= 11 is 0. The molecule has 6 nitrogen and oxygen atoms in total. The van der Waals surface area contributed by atoms with Crippen LogP contribution in [0.3, 0.4) is 0 Å². The average Bonchev–Trinajstić information content (AvgIpc) is 3.38. The molecule has 6 heteroatoms. The van der Waals surface area contributed by atoms with Crippen LogP contribution in [-0.4, -0.2) is 37.2 Å². The summed E-state index contributed by atoms with van der Waals surface area (Å²) in [5.74, 6) is -0.862. The van der Waals surface area contributed by atoms with Crippen LogP contribution < -0.4 is 0 Å². The van der Waals surface area contributed by atoms with E-state index in [0.29, 0.717) is 19.3 Å². The van der Waals surface area contributed by atoms with Gasteiger partial charge in [-0.2, -0.15) is 0 Å². The highest BCUT2D eigenvalue weighted by Crippen LogP contribution is 2.17. The largest absolute Gasteiger partial charge is 0.462 e. The van der Waals surface area contributed by atoms with Gasteiger partial charge in [-0.05, 0) is 83.5 Å². The molecule has 418 valence electrons. The van der Waals surface area contributed by atoms with Crippen LogP contribution >= 0.6 is 0 Å². The van der Waals surface area contributed by atoms with Gasteiger partial charge in [0.25, 0.3) is 0 Å². The lowest BCUT2D eigenvalue weighted by Crippen LogP contribution is -2.30. The molecule has 1 atom stereocenters. The van der Waals surface area contributed by atoms with Gasteiger partial charge in [-0.1, -0.05) is 281 Å². The molecule has 0 aromatic carbocycles. The van der Waals surface area contributed by atoms with Crippen LogP contribution in [0.25, 0.3) is 0 Å². The fraction of sp³-hybridized carbons (Fsp3) is 0.803. The van der Waals surface area contributed by atoms with Gasteiger partial charge in [0.05, 0.1) is 0 Å². The molecular weight excluding hydrogens is 889 g/mol. The maximum atomic E-state index is 12.9. The highest BCUT2D eigenvalue weighted by atomic mass is 16.6. The molecule has 0 spiro atoms. The molecule has 1 unspecified atom stereocenters. The van der Waals surface area contributed by atoms with Gasteiger partial charge in [-0.25, -0.2) is 0 Å². The predicted molar refractivity (Wildman–Crippen MR) is 312 cm³/mol. The van der Waals surface area contributed by atoms with Crippen molar-refractivity contribution in [3.63, 3.8) is 0 Å². The Morgan fingerprint density at radius 1 is 0.292 bits per heavy atom. The van der Waals surface area contributed by atoms with E-state index >= 15 is 0 Å². The van der Waals surface area contributed by atoms with Crippen LogP contribution in [0.1, 0.15) is 323 Å². The zero-order chi connectivity index (χ0) is 52.2. The molecule has 0 heterocycles.